The molecule has 27 heavy (non-hydrogen) atoms. The minimum atomic E-state index is -0.544. The van der Waals surface area contributed by atoms with E-state index in [1.54, 1.807) is 12.1 Å². The molecule has 0 atom stereocenters. The molecule has 0 aliphatic heterocycles. The Bertz CT molecular complexity index is 919. The van der Waals surface area contributed by atoms with Crippen LogP contribution in [0.2, 0.25) is 0 Å². The van der Waals surface area contributed by atoms with Gasteiger partial charge in [-0.3, -0.25) is 9.36 Å². The molecule has 0 fully saturated rings. The molecule has 0 saturated heterocycles. The molecule has 7 heteroatoms. The van der Waals surface area contributed by atoms with Crippen molar-refractivity contribution in [3.05, 3.63) is 60.4 Å². The molecule has 0 unspecified atom stereocenters. The molecule has 0 spiro atoms. The van der Waals surface area contributed by atoms with Crippen LogP contribution in [0.5, 0.6) is 0 Å². The number of carbonyl (C=O) groups excluding carboxylic acids is 1. The van der Waals surface area contributed by atoms with E-state index in [1.165, 1.54) is 23.9 Å². The summed E-state index contributed by atoms with van der Waals surface area (Å²) in [4.78, 5) is 12.1. The predicted molar refractivity (Wildman–Crippen MR) is 103 cm³/mol. The van der Waals surface area contributed by atoms with Gasteiger partial charge in [0.25, 0.3) is 0 Å². The number of hydrogen-bond donors (Lipinski definition) is 0. The van der Waals surface area contributed by atoms with Gasteiger partial charge >= 0.3 is 5.97 Å². The zero-order valence-electron chi connectivity index (χ0n) is 15.3. The topological polar surface area (TPSA) is 57.0 Å². The summed E-state index contributed by atoms with van der Waals surface area (Å²) in [7, 11) is 0. The Hall–Kier alpha value is -2.67. The van der Waals surface area contributed by atoms with E-state index >= 15 is 0 Å². The van der Waals surface area contributed by atoms with Crippen molar-refractivity contribution in [2.45, 2.75) is 31.5 Å². The quantitative estimate of drug-likeness (QED) is 0.478. The number of aromatic nitrogens is 3. The maximum absolute atomic E-state index is 13.4. The Kier molecular flexibility index (Phi) is 5.60. The van der Waals surface area contributed by atoms with Gasteiger partial charge in [0.1, 0.15) is 11.4 Å². The lowest BCUT2D eigenvalue weighted by Gasteiger charge is -2.19. The number of benzene rings is 2. The number of carbonyl (C=O) groups is 1. The Morgan fingerprint density at radius 1 is 1.07 bits per heavy atom. The van der Waals surface area contributed by atoms with E-state index in [-0.39, 0.29) is 17.5 Å². The van der Waals surface area contributed by atoms with Gasteiger partial charge < -0.3 is 4.74 Å². The van der Waals surface area contributed by atoms with Crippen LogP contribution in [0.4, 0.5) is 4.39 Å². The van der Waals surface area contributed by atoms with Crippen molar-refractivity contribution in [2.24, 2.45) is 0 Å². The van der Waals surface area contributed by atoms with Gasteiger partial charge in [-0.1, -0.05) is 42.1 Å². The van der Waals surface area contributed by atoms with Crippen molar-refractivity contribution in [1.82, 2.24) is 14.8 Å². The van der Waals surface area contributed by atoms with Crippen LogP contribution < -0.4 is 0 Å². The van der Waals surface area contributed by atoms with Gasteiger partial charge in [-0.15, -0.1) is 10.2 Å². The minimum Gasteiger partial charge on any atom is -0.459 e. The maximum Gasteiger partial charge on any atom is 0.316 e. The van der Waals surface area contributed by atoms with Gasteiger partial charge in [-0.2, -0.15) is 0 Å². The van der Waals surface area contributed by atoms with Gasteiger partial charge in [-0.05, 0) is 45.0 Å². The maximum atomic E-state index is 13.4. The Morgan fingerprint density at radius 3 is 2.37 bits per heavy atom. The van der Waals surface area contributed by atoms with Crippen molar-refractivity contribution in [1.29, 1.82) is 0 Å². The molecule has 0 saturated carbocycles. The summed E-state index contributed by atoms with van der Waals surface area (Å²) in [6.07, 6.45) is 0. The second kappa shape index (κ2) is 7.92. The van der Waals surface area contributed by atoms with Crippen LogP contribution in [0.25, 0.3) is 17.1 Å². The summed E-state index contributed by atoms with van der Waals surface area (Å²) in [5.74, 6) is 0.0677. The molecule has 1 heterocycles. The van der Waals surface area contributed by atoms with Crippen molar-refractivity contribution < 1.29 is 13.9 Å². The van der Waals surface area contributed by atoms with E-state index in [0.717, 1.165) is 5.56 Å². The second-order valence-electron chi connectivity index (χ2n) is 6.86. The normalized spacial score (nSPS) is 11.4. The number of ether oxygens (including phenoxy) is 1. The standard InChI is InChI=1S/C20H20FN3O2S/c1-20(2,3)26-17(25)13-27-19-23-22-18(14-7-5-4-6-8-14)24(19)16-11-9-15(21)10-12-16/h4-12H,13H2,1-3H3. The SMILES string of the molecule is CC(C)(C)OC(=O)CSc1nnc(-c2ccccc2)n1-c1ccc(F)cc1. The number of esters is 1. The zero-order chi connectivity index (χ0) is 19.4. The molecular weight excluding hydrogens is 365 g/mol. The number of nitrogens with zero attached hydrogens (tertiary/aromatic N) is 3. The molecular formula is C20H20FN3O2S. The second-order valence-corrected chi connectivity index (χ2v) is 7.80. The monoisotopic (exact) mass is 385 g/mol. The van der Waals surface area contributed by atoms with Crippen molar-refractivity contribution in [2.75, 3.05) is 5.75 Å². The lowest BCUT2D eigenvalue weighted by Crippen LogP contribution is -2.25. The van der Waals surface area contributed by atoms with E-state index in [1.807, 2.05) is 55.7 Å². The molecule has 1 aromatic heterocycles. The van der Waals surface area contributed by atoms with Crippen LogP contribution in [0, 0.1) is 5.82 Å². The molecule has 0 aliphatic carbocycles. The van der Waals surface area contributed by atoms with Gasteiger partial charge in [0, 0.05) is 11.3 Å². The van der Waals surface area contributed by atoms with Crippen LogP contribution in [0.1, 0.15) is 20.8 Å². The van der Waals surface area contributed by atoms with Crippen LogP contribution in [-0.4, -0.2) is 32.1 Å². The number of hydrogen-bond acceptors (Lipinski definition) is 5. The number of rotatable bonds is 5. The largest absolute Gasteiger partial charge is 0.459 e. The fourth-order valence-electron chi connectivity index (χ4n) is 2.45. The third kappa shape index (κ3) is 4.95. The Labute approximate surface area is 161 Å². The first-order chi connectivity index (χ1) is 12.8. The van der Waals surface area contributed by atoms with Gasteiger partial charge in [0.15, 0.2) is 11.0 Å². The van der Waals surface area contributed by atoms with Crippen LogP contribution >= 0.6 is 11.8 Å². The summed E-state index contributed by atoms with van der Waals surface area (Å²) in [5.41, 5.74) is 1.04. The molecule has 3 aromatic rings. The molecule has 2 aromatic carbocycles. The van der Waals surface area contributed by atoms with Crippen molar-refractivity contribution >= 4 is 17.7 Å². The van der Waals surface area contributed by atoms with Gasteiger partial charge in [0.2, 0.25) is 0 Å². The average Bonchev–Trinajstić information content (AvgIpc) is 3.04. The summed E-state index contributed by atoms with van der Waals surface area (Å²) < 4.78 is 20.5. The van der Waals surface area contributed by atoms with Crippen molar-refractivity contribution in [3.8, 4) is 17.1 Å². The van der Waals surface area contributed by atoms with E-state index < -0.39 is 5.60 Å². The summed E-state index contributed by atoms with van der Waals surface area (Å²) in [5, 5.41) is 9.05. The first kappa shape index (κ1) is 19.1. The number of thioether (sulfide) groups is 1. The summed E-state index contributed by atoms with van der Waals surface area (Å²) in [6.45, 7) is 5.47. The smallest absolute Gasteiger partial charge is 0.316 e. The third-order valence-corrected chi connectivity index (χ3v) is 4.39. The highest BCUT2D eigenvalue weighted by atomic mass is 32.2. The van der Waals surface area contributed by atoms with Crippen LogP contribution in [-0.2, 0) is 9.53 Å². The van der Waals surface area contributed by atoms with E-state index in [2.05, 4.69) is 10.2 Å². The first-order valence-electron chi connectivity index (χ1n) is 8.45. The Morgan fingerprint density at radius 2 is 1.74 bits per heavy atom. The fourth-order valence-corrected chi connectivity index (χ4v) is 3.18. The highest BCUT2D eigenvalue weighted by Gasteiger charge is 2.20. The molecule has 0 amide bonds. The zero-order valence-corrected chi connectivity index (χ0v) is 16.2. The van der Waals surface area contributed by atoms with Crippen LogP contribution in [0.15, 0.2) is 59.8 Å². The highest BCUT2D eigenvalue weighted by Crippen LogP contribution is 2.28. The predicted octanol–water partition coefficient (Wildman–Crippen LogP) is 4.51. The fraction of sp³-hybridized carbons (Fsp3) is 0.250. The summed E-state index contributed by atoms with van der Waals surface area (Å²) in [6, 6.07) is 15.7. The highest BCUT2D eigenvalue weighted by molar-refractivity contribution is 7.99. The lowest BCUT2D eigenvalue weighted by molar-refractivity contribution is -0.151. The molecule has 0 bridgehead atoms. The van der Waals surface area contributed by atoms with Crippen LogP contribution in [0.3, 0.4) is 0 Å². The molecule has 0 radical (unpaired) electrons. The molecule has 0 N–H and O–H groups in total. The summed E-state index contributed by atoms with van der Waals surface area (Å²) >= 11 is 1.23. The molecule has 3 rings (SSSR count). The van der Waals surface area contributed by atoms with Gasteiger partial charge in [0.05, 0.1) is 5.75 Å². The van der Waals surface area contributed by atoms with Gasteiger partial charge in [-0.25, -0.2) is 4.39 Å². The molecule has 0 aliphatic rings. The lowest BCUT2D eigenvalue weighted by atomic mass is 10.2. The first-order valence-corrected chi connectivity index (χ1v) is 9.43. The molecule has 5 nitrogen and oxygen atoms in total. The number of halogens is 1. The average molecular weight is 385 g/mol. The van der Waals surface area contributed by atoms with E-state index in [0.29, 0.717) is 16.7 Å². The third-order valence-electron chi connectivity index (χ3n) is 3.49. The van der Waals surface area contributed by atoms with E-state index in [4.69, 9.17) is 4.74 Å². The van der Waals surface area contributed by atoms with Crippen molar-refractivity contribution in [3.63, 3.8) is 0 Å². The molecule has 140 valence electrons. The minimum absolute atomic E-state index is 0.103. The Balaban J connectivity index is 1.93. The van der Waals surface area contributed by atoms with E-state index in [9.17, 15) is 9.18 Å².